The van der Waals surface area contributed by atoms with E-state index < -0.39 is 29.4 Å². The van der Waals surface area contributed by atoms with Gasteiger partial charge in [-0.25, -0.2) is 9.59 Å². The van der Waals surface area contributed by atoms with Crippen molar-refractivity contribution in [1.29, 1.82) is 0 Å². The van der Waals surface area contributed by atoms with Crippen molar-refractivity contribution in [3.8, 4) is 0 Å². The molecule has 12 heavy (non-hydrogen) atoms. The summed E-state index contributed by atoms with van der Waals surface area (Å²) in [4.78, 5) is 40.8. The average Bonchev–Trinajstić information content (AvgIpc) is 2.00. The van der Waals surface area contributed by atoms with Crippen molar-refractivity contribution in [2.45, 2.75) is 0 Å². The van der Waals surface area contributed by atoms with Gasteiger partial charge in [-0.15, -0.1) is 0 Å². The fourth-order valence-corrected chi connectivity index (χ4v) is 0.417. The number of carboxylic acids is 2. The van der Waals surface area contributed by atoms with Crippen molar-refractivity contribution in [3.63, 3.8) is 0 Å². The lowest BCUT2D eigenvalue weighted by atomic mass is 10.0. The van der Waals surface area contributed by atoms with E-state index in [2.05, 4.69) is 6.92 Å². The fourth-order valence-electron chi connectivity index (χ4n) is 0.417. The third kappa shape index (κ3) is 2.15. The Morgan fingerprint density at radius 1 is 0.917 bits per heavy atom. The van der Waals surface area contributed by atoms with Crippen LogP contribution >= 0.6 is 0 Å². The van der Waals surface area contributed by atoms with E-state index in [1.54, 1.807) is 0 Å². The Hall–Kier alpha value is -1.72. The maximum absolute atomic E-state index is 10.4. The fraction of sp³-hybridized carbons (Fsp3) is 0.167. The monoisotopic (exact) mass is 173 g/mol. The zero-order chi connectivity index (χ0) is 9.89. The largest absolute Gasteiger partial charge is 0.475 e. The number of carbonyl (C=O) groups is 4. The van der Waals surface area contributed by atoms with Crippen LogP contribution in [0.4, 0.5) is 0 Å². The molecule has 0 atom stereocenters. The van der Waals surface area contributed by atoms with Gasteiger partial charge in [0.2, 0.25) is 0 Å². The Labute approximate surface area is 66.8 Å². The lowest BCUT2D eigenvalue weighted by molar-refractivity contribution is -0.156. The van der Waals surface area contributed by atoms with E-state index in [4.69, 9.17) is 10.2 Å². The number of ketones is 2. The SMILES string of the molecule is [CH2]C(C(=O)C(=O)O)C(=O)C(=O)O. The van der Waals surface area contributed by atoms with Crippen LogP contribution in [0, 0.1) is 12.8 Å². The van der Waals surface area contributed by atoms with E-state index in [-0.39, 0.29) is 0 Å². The molecule has 0 saturated carbocycles. The summed E-state index contributed by atoms with van der Waals surface area (Å²) in [7, 11) is 0. The third-order valence-electron chi connectivity index (χ3n) is 1.05. The van der Waals surface area contributed by atoms with Crippen LogP contribution in [-0.4, -0.2) is 33.7 Å². The number of Topliss-reactive ketones (excluding diaryl/α,β-unsaturated/α-hetero) is 2. The van der Waals surface area contributed by atoms with Gasteiger partial charge in [0.05, 0.1) is 5.92 Å². The topological polar surface area (TPSA) is 109 Å². The molecule has 6 heteroatoms. The minimum Gasteiger partial charge on any atom is -0.475 e. The molecule has 0 spiro atoms. The Morgan fingerprint density at radius 2 is 1.17 bits per heavy atom. The highest BCUT2D eigenvalue weighted by Gasteiger charge is 2.31. The molecular weight excluding hydrogens is 168 g/mol. The molecule has 0 aromatic heterocycles. The minimum atomic E-state index is -1.88. The van der Waals surface area contributed by atoms with E-state index >= 15 is 0 Å². The Morgan fingerprint density at radius 3 is 1.33 bits per heavy atom. The molecule has 0 aromatic rings. The van der Waals surface area contributed by atoms with Crippen LogP contribution in [0.25, 0.3) is 0 Å². The zero-order valence-electron chi connectivity index (χ0n) is 5.81. The minimum absolute atomic E-state index is 1.53. The lowest BCUT2D eigenvalue weighted by Gasteiger charge is -2.00. The van der Waals surface area contributed by atoms with Crippen LogP contribution in [0.3, 0.4) is 0 Å². The van der Waals surface area contributed by atoms with Crippen LogP contribution in [0.15, 0.2) is 0 Å². The van der Waals surface area contributed by atoms with Gasteiger partial charge in [0.25, 0.3) is 11.6 Å². The maximum atomic E-state index is 10.4. The molecule has 0 fully saturated rings. The molecule has 0 rings (SSSR count). The standard InChI is InChI=1S/C6H5O6/c1-2(3(7)5(9)10)4(8)6(11)12/h2H,1H2,(H,9,10)(H,11,12). The molecule has 0 heterocycles. The number of carboxylic acid groups (broad SMARTS) is 2. The number of hydrogen-bond acceptors (Lipinski definition) is 4. The number of carbonyl (C=O) groups excluding carboxylic acids is 2. The van der Waals surface area contributed by atoms with Gasteiger partial charge in [0, 0.05) is 0 Å². The molecule has 2 N–H and O–H groups in total. The summed E-state index contributed by atoms with van der Waals surface area (Å²) in [5.41, 5.74) is 0. The van der Waals surface area contributed by atoms with Gasteiger partial charge in [-0.3, -0.25) is 9.59 Å². The number of rotatable bonds is 4. The Balaban J connectivity index is 4.51. The van der Waals surface area contributed by atoms with Crippen molar-refractivity contribution in [2.75, 3.05) is 0 Å². The normalized spacial score (nSPS) is 9.50. The van der Waals surface area contributed by atoms with Gasteiger partial charge in [-0.1, -0.05) is 0 Å². The molecule has 0 aliphatic carbocycles. The summed E-state index contributed by atoms with van der Waals surface area (Å²) in [6.07, 6.45) is 0. The number of hydrogen-bond donors (Lipinski definition) is 2. The molecule has 6 nitrogen and oxygen atoms in total. The quantitative estimate of drug-likeness (QED) is 0.405. The lowest BCUT2D eigenvalue weighted by Crippen LogP contribution is -2.32. The summed E-state index contributed by atoms with van der Waals surface area (Å²) in [5.74, 6) is -8.67. The first kappa shape index (κ1) is 10.3. The summed E-state index contributed by atoms with van der Waals surface area (Å²) < 4.78 is 0. The second kappa shape index (κ2) is 3.61. The van der Waals surface area contributed by atoms with Gasteiger partial charge in [0.15, 0.2) is 0 Å². The molecule has 0 saturated heterocycles. The molecule has 0 unspecified atom stereocenters. The van der Waals surface area contributed by atoms with E-state index in [0.29, 0.717) is 0 Å². The second-order valence-corrected chi connectivity index (χ2v) is 1.89. The van der Waals surface area contributed by atoms with Crippen LogP contribution in [0.1, 0.15) is 0 Å². The van der Waals surface area contributed by atoms with Crippen LogP contribution < -0.4 is 0 Å². The average molecular weight is 173 g/mol. The predicted molar refractivity (Wildman–Crippen MR) is 34.1 cm³/mol. The van der Waals surface area contributed by atoms with Crippen molar-refractivity contribution in [1.82, 2.24) is 0 Å². The van der Waals surface area contributed by atoms with E-state index in [9.17, 15) is 19.2 Å². The van der Waals surface area contributed by atoms with Crippen molar-refractivity contribution in [2.24, 2.45) is 5.92 Å². The second-order valence-electron chi connectivity index (χ2n) is 1.89. The van der Waals surface area contributed by atoms with Crippen molar-refractivity contribution in [3.05, 3.63) is 6.92 Å². The molecule has 1 radical (unpaired) electrons. The van der Waals surface area contributed by atoms with Crippen LogP contribution in [0.5, 0.6) is 0 Å². The van der Waals surface area contributed by atoms with Crippen LogP contribution in [-0.2, 0) is 19.2 Å². The molecule has 65 valence electrons. The van der Waals surface area contributed by atoms with Gasteiger partial charge in [0.1, 0.15) is 0 Å². The van der Waals surface area contributed by atoms with Gasteiger partial charge >= 0.3 is 11.9 Å². The summed E-state index contributed by atoms with van der Waals surface area (Å²) in [6, 6.07) is 0. The Kier molecular flexibility index (Phi) is 3.09. The van der Waals surface area contributed by atoms with Gasteiger partial charge in [-0.2, -0.15) is 0 Å². The molecule has 0 aliphatic rings. The molecule has 0 bridgehead atoms. The van der Waals surface area contributed by atoms with Gasteiger partial charge in [-0.05, 0) is 6.92 Å². The first-order chi connectivity index (χ1) is 5.37. The highest BCUT2D eigenvalue weighted by molar-refractivity contribution is 6.46. The summed E-state index contributed by atoms with van der Waals surface area (Å²) >= 11 is 0. The van der Waals surface area contributed by atoms with Crippen LogP contribution in [0.2, 0.25) is 0 Å². The van der Waals surface area contributed by atoms with E-state index in [1.165, 1.54) is 0 Å². The molecule has 0 aliphatic heterocycles. The Bertz CT molecular complexity index is 227. The highest BCUT2D eigenvalue weighted by Crippen LogP contribution is 1.98. The maximum Gasteiger partial charge on any atom is 0.372 e. The van der Waals surface area contributed by atoms with E-state index in [1.807, 2.05) is 0 Å². The van der Waals surface area contributed by atoms with Crippen molar-refractivity contribution >= 4 is 23.5 Å². The predicted octanol–water partition coefficient (Wildman–Crippen LogP) is -1.26. The number of aliphatic carboxylic acids is 2. The summed E-state index contributed by atoms with van der Waals surface area (Å²) in [6.45, 7) is 2.82. The summed E-state index contributed by atoms with van der Waals surface area (Å²) in [5, 5.41) is 16.1. The van der Waals surface area contributed by atoms with Crippen molar-refractivity contribution < 1.29 is 29.4 Å². The smallest absolute Gasteiger partial charge is 0.372 e. The van der Waals surface area contributed by atoms with E-state index in [0.717, 1.165) is 0 Å². The van der Waals surface area contributed by atoms with Gasteiger partial charge < -0.3 is 10.2 Å². The first-order valence-corrected chi connectivity index (χ1v) is 2.75. The first-order valence-electron chi connectivity index (χ1n) is 2.75. The highest BCUT2D eigenvalue weighted by atomic mass is 16.4. The zero-order valence-corrected chi connectivity index (χ0v) is 5.81. The third-order valence-corrected chi connectivity index (χ3v) is 1.05. The molecular formula is C6H5O6. The molecule has 0 aromatic carbocycles. The molecule has 0 amide bonds.